The Hall–Kier alpha value is -3.07. The van der Waals surface area contributed by atoms with Gasteiger partial charge in [-0.25, -0.2) is 4.98 Å². The fraction of sp³-hybridized carbons (Fsp3) is 0.188. The third-order valence-corrected chi connectivity index (χ3v) is 3.63. The highest BCUT2D eigenvalue weighted by atomic mass is 32.1. The minimum absolute atomic E-state index is 0.235. The van der Waals surface area contributed by atoms with Crippen LogP contribution in [-0.4, -0.2) is 29.9 Å². The van der Waals surface area contributed by atoms with E-state index in [1.165, 1.54) is 13.3 Å². The summed E-state index contributed by atoms with van der Waals surface area (Å²) in [5, 5.41) is 3.27. The number of carbonyl (C=O) groups is 1. The van der Waals surface area contributed by atoms with Gasteiger partial charge in [0, 0.05) is 18.8 Å². The van der Waals surface area contributed by atoms with Crippen LogP contribution in [0.5, 0.6) is 17.4 Å². The molecule has 8 nitrogen and oxygen atoms in total. The molecule has 9 heteroatoms. The quantitative estimate of drug-likeness (QED) is 0.552. The fourth-order valence-corrected chi connectivity index (χ4v) is 2.22. The number of aromatic nitrogens is 1. The van der Waals surface area contributed by atoms with E-state index in [-0.39, 0.29) is 17.8 Å². The van der Waals surface area contributed by atoms with Crippen LogP contribution in [0.2, 0.25) is 0 Å². The van der Waals surface area contributed by atoms with Crippen LogP contribution in [0.25, 0.3) is 0 Å². The van der Waals surface area contributed by atoms with Gasteiger partial charge in [0.05, 0.1) is 12.7 Å². The zero-order valence-corrected chi connectivity index (χ0v) is 14.2. The van der Waals surface area contributed by atoms with Crippen molar-refractivity contribution in [3.8, 4) is 17.4 Å². The molecule has 0 atom stereocenters. The second kappa shape index (κ2) is 7.67. The minimum atomic E-state index is -0.359. The molecule has 25 heavy (non-hydrogen) atoms. The number of hydrazine groups is 1. The molecule has 0 spiro atoms. The van der Waals surface area contributed by atoms with Crippen LogP contribution in [0.4, 0.5) is 0 Å². The van der Waals surface area contributed by atoms with Crippen LogP contribution in [0, 0.1) is 0 Å². The van der Waals surface area contributed by atoms with Crippen molar-refractivity contribution in [2.24, 2.45) is 0 Å². The van der Waals surface area contributed by atoms with E-state index < -0.39 is 0 Å². The van der Waals surface area contributed by atoms with E-state index in [0.717, 1.165) is 11.3 Å². The average Bonchev–Trinajstić information content (AvgIpc) is 3.12. The molecule has 1 aromatic heterocycles. The number of methoxy groups -OCH3 is 1. The lowest BCUT2D eigenvalue weighted by Gasteiger charge is -2.12. The fourth-order valence-electron chi connectivity index (χ4n) is 2.10. The van der Waals surface area contributed by atoms with E-state index in [9.17, 15) is 4.79 Å². The van der Waals surface area contributed by atoms with E-state index in [2.05, 4.69) is 21.2 Å². The number of ether oxygens (including phenoxy) is 3. The van der Waals surface area contributed by atoms with Gasteiger partial charge in [-0.2, -0.15) is 0 Å². The van der Waals surface area contributed by atoms with Gasteiger partial charge in [-0.3, -0.25) is 15.6 Å². The minimum Gasteiger partial charge on any atom is -0.481 e. The highest BCUT2D eigenvalue weighted by Crippen LogP contribution is 2.32. The number of thiocarbonyl (C=S) groups is 1. The van der Waals surface area contributed by atoms with Crippen LogP contribution in [0.15, 0.2) is 36.5 Å². The van der Waals surface area contributed by atoms with Crippen molar-refractivity contribution < 1.29 is 19.0 Å². The van der Waals surface area contributed by atoms with Crippen molar-refractivity contribution in [2.45, 2.75) is 6.54 Å². The first-order chi connectivity index (χ1) is 12.2. The summed E-state index contributed by atoms with van der Waals surface area (Å²) in [4.78, 5) is 15.9. The van der Waals surface area contributed by atoms with Crippen LogP contribution in [-0.2, 0) is 6.54 Å². The Balaban J connectivity index is 1.45. The van der Waals surface area contributed by atoms with E-state index >= 15 is 0 Å². The third-order valence-electron chi connectivity index (χ3n) is 3.39. The highest BCUT2D eigenvalue weighted by molar-refractivity contribution is 7.80. The van der Waals surface area contributed by atoms with Gasteiger partial charge in [-0.15, -0.1) is 0 Å². The smallest absolute Gasteiger partial charge is 0.271 e. The van der Waals surface area contributed by atoms with Gasteiger partial charge in [0.2, 0.25) is 12.7 Å². The van der Waals surface area contributed by atoms with Crippen molar-refractivity contribution in [1.82, 2.24) is 21.2 Å². The summed E-state index contributed by atoms with van der Waals surface area (Å²) in [6.07, 6.45) is 1.42. The third kappa shape index (κ3) is 4.27. The van der Waals surface area contributed by atoms with Crippen molar-refractivity contribution in [3.63, 3.8) is 0 Å². The molecule has 2 heterocycles. The number of pyridine rings is 1. The predicted octanol–water partition coefficient (Wildman–Crippen LogP) is 1.13. The topological polar surface area (TPSA) is 93.7 Å². The second-order valence-corrected chi connectivity index (χ2v) is 5.45. The monoisotopic (exact) mass is 360 g/mol. The first-order valence-electron chi connectivity index (χ1n) is 7.38. The zero-order chi connectivity index (χ0) is 17.6. The number of nitrogens with one attached hydrogen (secondary N) is 3. The number of hydrogen-bond acceptors (Lipinski definition) is 6. The molecule has 130 valence electrons. The van der Waals surface area contributed by atoms with Crippen molar-refractivity contribution >= 4 is 23.2 Å². The maximum absolute atomic E-state index is 12.0. The molecule has 1 aliphatic rings. The molecule has 0 saturated heterocycles. The predicted molar refractivity (Wildman–Crippen MR) is 93.4 cm³/mol. The molecular weight excluding hydrogens is 344 g/mol. The number of hydrogen-bond donors (Lipinski definition) is 3. The summed E-state index contributed by atoms with van der Waals surface area (Å²) in [5.74, 6) is 1.51. The molecule has 0 aliphatic carbocycles. The molecule has 1 aromatic carbocycles. The van der Waals surface area contributed by atoms with Crippen LogP contribution >= 0.6 is 12.2 Å². The molecule has 1 aliphatic heterocycles. The summed E-state index contributed by atoms with van der Waals surface area (Å²) in [6.45, 7) is 0.709. The standard InChI is InChI=1S/C16H16N4O4S/c1-22-14-5-3-11(8-17-14)15(21)19-20-16(25)18-7-10-2-4-12-13(6-10)24-9-23-12/h2-6,8H,7,9H2,1H3,(H,19,21)(H2,18,20,25). The Morgan fingerprint density at radius 1 is 1.24 bits per heavy atom. The molecular formula is C16H16N4O4S. The number of nitrogens with zero attached hydrogens (tertiary/aromatic N) is 1. The maximum atomic E-state index is 12.0. The molecule has 0 unspecified atom stereocenters. The van der Waals surface area contributed by atoms with Crippen LogP contribution < -0.4 is 30.4 Å². The highest BCUT2D eigenvalue weighted by Gasteiger charge is 2.13. The van der Waals surface area contributed by atoms with Crippen molar-refractivity contribution in [2.75, 3.05) is 13.9 Å². The summed E-state index contributed by atoms with van der Waals surface area (Å²) in [5.41, 5.74) is 6.49. The van der Waals surface area contributed by atoms with Crippen molar-refractivity contribution in [1.29, 1.82) is 0 Å². The Morgan fingerprint density at radius 2 is 2.08 bits per heavy atom. The number of rotatable bonds is 4. The molecule has 3 N–H and O–H groups in total. The number of fused-ring (bicyclic) bond motifs is 1. The van der Waals surface area contributed by atoms with E-state index in [1.807, 2.05) is 18.2 Å². The lowest BCUT2D eigenvalue weighted by Crippen LogP contribution is -2.46. The van der Waals surface area contributed by atoms with E-state index in [1.54, 1.807) is 12.1 Å². The van der Waals surface area contributed by atoms with Crippen LogP contribution in [0.3, 0.4) is 0 Å². The van der Waals surface area contributed by atoms with Gasteiger partial charge in [-0.05, 0) is 36.0 Å². The van der Waals surface area contributed by atoms with E-state index in [4.69, 9.17) is 26.4 Å². The number of amides is 1. The summed E-state index contributed by atoms with van der Waals surface area (Å²) < 4.78 is 15.5. The maximum Gasteiger partial charge on any atom is 0.271 e. The van der Waals surface area contributed by atoms with Gasteiger partial charge in [-0.1, -0.05) is 6.07 Å². The molecule has 3 rings (SSSR count). The van der Waals surface area contributed by atoms with E-state index in [0.29, 0.717) is 23.7 Å². The molecule has 0 saturated carbocycles. The molecule has 0 radical (unpaired) electrons. The van der Waals surface area contributed by atoms with Gasteiger partial charge >= 0.3 is 0 Å². The summed E-state index contributed by atoms with van der Waals surface area (Å²) >= 11 is 5.13. The molecule has 0 bridgehead atoms. The van der Waals surface area contributed by atoms with Gasteiger partial charge in [0.15, 0.2) is 16.6 Å². The summed E-state index contributed by atoms with van der Waals surface area (Å²) in [6, 6.07) is 8.83. The lowest BCUT2D eigenvalue weighted by molar-refractivity contribution is 0.0943. The van der Waals surface area contributed by atoms with Gasteiger partial charge in [0.1, 0.15) is 0 Å². The summed E-state index contributed by atoms with van der Waals surface area (Å²) in [7, 11) is 1.51. The van der Waals surface area contributed by atoms with Gasteiger partial charge < -0.3 is 19.5 Å². The molecule has 1 amide bonds. The number of carbonyl (C=O) groups excluding carboxylic acids is 1. The number of benzene rings is 1. The molecule has 0 fully saturated rings. The lowest BCUT2D eigenvalue weighted by atomic mass is 10.2. The first kappa shape index (κ1) is 16.8. The Kier molecular flexibility index (Phi) is 5.14. The SMILES string of the molecule is COc1ccc(C(=O)NNC(=S)NCc2ccc3c(c2)OCO3)cn1. The van der Waals surface area contributed by atoms with Gasteiger partial charge in [0.25, 0.3) is 5.91 Å². The largest absolute Gasteiger partial charge is 0.481 e. The van der Waals surface area contributed by atoms with Crippen LogP contribution in [0.1, 0.15) is 15.9 Å². The Bertz CT molecular complexity index is 782. The van der Waals surface area contributed by atoms with Crippen molar-refractivity contribution in [3.05, 3.63) is 47.7 Å². The zero-order valence-electron chi connectivity index (χ0n) is 13.4. The second-order valence-electron chi connectivity index (χ2n) is 5.04. The molecule has 2 aromatic rings. The Labute approximate surface area is 149 Å². The normalized spacial score (nSPS) is 11.6. The first-order valence-corrected chi connectivity index (χ1v) is 7.79. The average molecular weight is 360 g/mol. The Morgan fingerprint density at radius 3 is 2.84 bits per heavy atom.